The maximum Gasteiger partial charge on any atom is 0.159 e. The van der Waals surface area contributed by atoms with E-state index < -0.39 is 0 Å². The van der Waals surface area contributed by atoms with Gasteiger partial charge in [-0.3, -0.25) is 0 Å². The lowest BCUT2D eigenvalue weighted by Crippen LogP contribution is -2.23. The first-order valence-corrected chi connectivity index (χ1v) is 14.5. The zero-order chi connectivity index (χ0) is 27.6. The second kappa shape index (κ2) is 9.11. The number of hydrogen-bond donors (Lipinski definition) is 0. The Bertz CT molecular complexity index is 2010. The fraction of sp³-hybridized carbons (Fsp3) is 0.128. The van der Waals surface area contributed by atoms with Gasteiger partial charge in [0.15, 0.2) is 5.58 Å². The third-order valence-electron chi connectivity index (χ3n) is 9.09. The van der Waals surface area contributed by atoms with Gasteiger partial charge in [0, 0.05) is 33.4 Å². The Labute approximate surface area is 240 Å². The highest BCUT2D eigenvalue weighted by atomic mass is 16.3. The van der Waals surface area contributed by atoms with Gasteiger partial charge in [0.1, 0.15) is 5.58 Å². The number of rotatable bonds is 4. The van der Waals surface area contributed by atoms with Crippen LogP contribution in [0.4, 0.5) is 11.4 Å². The Hall–Kier alpha value is -4.82. The summed E-state index contributed by atoms with van der Waals surface area (Å²) in [4.78, 5) is 2.43. The van der Waals surface area contributed by atoms with Crippen LogP contribution in [-0.2, 0) is 5.41 Å². The molecule has 0 spiro atoms. The zero-order valence-electron chi connectivity index (χ0n) is 23.3. The summed E-state index contributed by atoms with van der Waals surface area (Å²) in [7, 11) is 0. The van der Waals surface area contributed by atoms with E-state index >= 15 is 0 Å². The van der Waals surface area contributed by atoms with E-state index in [4.69, 9.17) is 4.42 Å². The van der Waals surface area contributed by atoms with Gasteiger partial charge in [-0.2, -0.15) is 0 Å². The third kappa shape index (κ3) is 3.64. The average Bonchev–Trinajstić information content (AvgIpc) is 3.51. The van der Waals surface area contributed by atoms with Crippen LogP contribution in [0, 0.1) is 0 Å². The van der Waals surface area contributed by atoms with Gasteiger partial charge >= 0.3 is 0 Å². The van der Waals surface area contributed by atoms with Gasteiger partial charge in [0.25, 0.3) is 0 Å². The highest BCUT2D eigenvalue weighted by Gasteiger charge is 2.42. The Morgan fingerprint density at radius 3 is 2.29 bits per heavy atom. The molecule has 1 aromatic heterocycles. The first kappa shape index (κ1) is 24.0. The normalized spacial score (nSPS) is 17.2. The summed E-state index contributed by atoms with van der Waals surface area (Å²) >= 11 is 0. The number of para-hydroxylation sites is 3. The van der Waals surface area contributed by atoms with Crippen LogP contribution in [0.5, 0.6) is 0 Å². The maximum atomic E-state index is 6.61. The lowest BCUT2D eigenvalue weighted by Gasteiger charge is -2.33. The molecule has 0 saturated carbocycles. The van der Waals surface area contributed by atoms with Crippen LogP contribution in [0.2, 0.25) is 0 Å². The Balaban J connectivity index is 1.38. The molecule has 1 atom stereocenters. The molecule has 2 aliphatic rings. The monoisotopic (exact) mass is 529 g/mol. The Morgan fingerprint density at radius 1 is 0.683 bits per heavy atom. The van der Waals surface area contributed by atoms with Gasteiger partial charge < -0.3 is 9.32 Å². The molecule has 5 aromatic carbocycles. The molecule has 41 heavy (non-hydrogen) atoms. The molecule has 0 fully saturated rings. The van der Waals surface area contributed by atoms with Crippen molar-refractivity contribution in [1.29, 1.82) is 0 Å². The van der Waals surface area contributed by atoms with Gasteiger partial charge in [-0.15, -0.1) is 0 Å². The maximum absolute atomic E-state index is 6.61. The molecule has 1 heterocycles. The number of allylic oxidation sites excluding steroid dienone is 3. The summed E-state index contributed by atoms with van der Waals surface area (Å²) in [5.74, 6) is 0.415. The molecular weight excluding hydrogens is 498 g/mol. The summed E-state index contributed by atoms with van der Waals surface area (Å²) in [5.41, 5.74) is 12.0. The molecule has 8 rings (SSSR count). The van der Waals surface area contributed by atoms with Crippen molar-refractivity contribution in [2.24, 2.45) is 0 Å². The van der Waals surface area contributed by atoms with Crippen LogP contribution in [0.25, 0.3) is 33.1 Å². The molecule has 198 valence electrons. The highest BCUT2D eigenvalue weighted by molar-refractivity contribution is 6.10. The molecule has 0 amide bonds. The minimum absolute atomic E-state index is 0.0310. The average molecular weight is 530 g/mol. The number of nitrogens with zero attached hydrogens (tertiary/aromatic N) is 1. The largest absolute Gasteiger partial charge is 0.454 e. The topological polar surface area (TPSA) is 16.4 Å². The minimum atomic E-state index is -0.0310. The van der Waals surface area contributed by atoms with Gasteiger partial charge in [-0.1, -0.05) is 129 Å². The molecule has 2 aliphatic carbocycles. The summed E-state index contributed by atoms with van der Waals surface area (Å²) in [5, 5.41) is 2.28. The first-order valence-electron chi connectivity index (χ1n) is 14.5. The highest BCUT2D eigenvalue weighted by Crippen LogP contribution is 2.54. The van der Waals surface area contributed by atoms with Crippen molar-refractivity contribution in [1.82, 2.24) is 0 Å². The standard InChI is InChI=1S/C39H31NO/c1-39(2)33-19-9-6-16-29(33)30-24-23-27(25-34(30)39)40(35-20-10-7-15-28(35)26-13-4-3-5-14-26)36-21-12-18-32-31-17-8-11-22-37(31)41-38(32)36/h3-23,25,30H,24H2,1-2H3. The van der Waals surface area contributed by atoms with Crippen LogP contribution in [-0.4, -0.2) is 0 Å². The number of benzene rings is 5. The van der Waals surface area contributed by atoms with Crippen molar-refractivity contribution in [3.05, 3.63) is 156 Å². The molecule has 0 aliphatic heterocycles. The van der Waals surface area contributed by atoms with Gasteiger partial charge in [-0.25, -0.2) is 0 Å². The van der Waals surface area contributed by atoms with Gasteiger partial charge in [0.05, 0.1) is 11.4 Å². The Kier molecular flexibility index (Phi) is 5.33. The van der Waals surface area contributed by atoms with Crippen molar-refractivity contribution in [3.8, 4) is 11.1 Å². The van der Waals surface area contributed by atoms with E-state index in [1.807, 2.05) is 6.07 Å². The zero-order valence-corrected chi connectivity index (χ0v) is 23.3. The van der Waals surface area contributed by atoms with E-state index in [-0.39, 0.29) is 5.41 Å². The van der Waals surface area contributed by atoms with Crippen molar-refractivity contribution >= 4 is 33.3 Å². The molecule has 0 bridgehead atoms. The predicted molar refractivity (Wildman–Crippen MR) is 171 cm³/mol. The van der Waals surface area contributed by atoms with Crippen LogP contribution >= 0.6 is 0 Å². The van der Waals surface area contributed by atoms with Gasteiger partial charge in [-0.05, 0) is 47.4 Å². The number of anilines is 2. The lowest BCUT2D eigenvalue weighted by atomic mass is 9.78. The predicted octanol–water partition coefficient (Wildman–Crippen LogP) is 10.7. The molecule has 0 radical (unpaired) electrons. The lowest BCUT2D eigenvalue weighted by molar-refractivity contribution is 0.609. The van der Waals surface area contributed by atoms with E-state index in [9.17, 15) is 0 Å². The van der Waals surface area contributed by atoms with Crippen molar-refractivity contribution < 1.29 is 4.42 Å². The van der Waals surface area contributed by atoms with Gasteiger partial charge in [0.2, 0.25) is 0 Å². The molecule has 1 unspecified atom stereocenters. The fourth-order valence-corrected chi connectivity index (χ4v) is 7.12. The molecule has 2 heteroatoms. The summed E-state index contributed by atoms with van der Waals surface area (Å²) < 4.78 is 6.61. The molecule has 0 N–H and O–H groups in total. The molecule has 2 nitrogen and oxygen atoms in total. The van der Waals surface area contributed by atoms with Crippen molar-refractivity contribution in [2.75, 3.05) is 4.90 Å². The van der Waals surface area contributed by atoms with Crippen LogP contribution in [0.1, 0.15) is 37.3 Å². The second-order valence-electron chi connectivity index (χ2n) is 11.7. The molecule has 6 aromatic rings. The van der Waals surface area contributed by atoms with E-state index in [1.165, 1.54) is 33.5 Å². The quantitative estimate of drug-likeness (QED) is 0.226. The fourth-order valence-electron chi connectivity index (χ4n) is 7.12. The van der Waals surface area contributed by atoms with Crippen LogP contribution in [0.3, 0.4) is 0 Å². The summed E-state index contributed by atoms with van der Waals surface area (Å²) in [6.45, 7) is 4.76. The van der Waals surface area contributed by atoms with E-state index in [1.54, 1.807) is 0 Å². The molecular formula is C39H31NO. The first-order chi connectivity index (χ1) is 20.1. The number of hydrogen-bond acceptors (Lipinski definition) is 2. The number of fused-ring (bicyclic) bond motifs is 6. The van der Waals surface area contributed by atoms with Crippen molar-refractivity contribution in [3.63, 3.8) is 0 Å². The number of furan rings is 1. The van der Waals surface area contributed by atoms with E-state index in [0.29, 0.717) is 5.92 Å². The van der Waals surface area contributed by atoms with E-state index in [2.05, 4.69) is 146 Å². The van der Waals surface area contributed by atoms with Crippen molar-refractivity contribution in [2.45, 2.75) is 31.6 Å². The summed E-state index contributed by atoms with van der Waals surface area (Å²) in [6.07, 6.45) is 5.86. The Morgan fingerprint density at radius 2 is 1.39 bits per heavy atom. The van der Waals surface area contributed by atoms with E-state index in [0.717, 1.165) is 39.7 Å². The van der Waals surface area contributed by atoms with Crippen LogP contribution < -0.4 is 4.90 Å². The summed E-state index contributed by atoms with van der Waals surface area (Å²) in [6, 6.07) is 43.3. The molecule has 0 saturated heterocycles. The third-order valence-corrected chi connectivity index (χ3v) is 9.09. The minimum Gasteiger partial charge on any atom is -0.454 e. The smallest absolute Gasteiger partial charge is 0.159 e. The second-order valence-corrected chi connectivity index (χ2v) is 11.7. The van der Waals surface area contributed by atoms with Crippen LogP contribution in [0.15, 0.2) is 149 Å². The SMILES string of the molecule is CC1(C)C2=CC(N(c3ccccc3-c3ccccc3)c3cccc4c3oc3ccccc34)=CCC2c2ccccc21.